The van der Waals surface area contributed by atoms with Crippen LogP contribution in [0.15, 0.2) is 35.5 Å². The maximum atomic E-state index is 12.6. The van der Waals surface area contributed by atoms with E-state index in [1.54, 1.807) is 0 Å². The number of nitrogens with one attached hydrogen (secondary N) is 1. The van der Waals surface area contributed by atoms with Gasteiger partial charge in [0.2, 0.25) is 0 Å². The van der Waals surface area contributed by atoms with Crippen LogP contribution in [0.1, 0.15) is 31.7 Å². The Labute approximate surface area is 154 Å². The van der Waals surface area contributed by atoms with Gasteiger partial charge in [-0.25, -0.2) is 4.79 Å². The van der Waals surface area contributed by atoms with E-state index in [1.807, 2.05) is 13.0 Å². The smallest absolute Gasteiger partial charge is 0.335 e. The highest BCUT2D eigenvalue weighted by atomic mass is 16.5. The molecular weight excluding hydrogens is 328 g/mol. The molecule has 0 unspecified atom stereocenters. The number of benzene rings is 1. The highest BCUT2D eigenvalue weighted by Gasteiger charge is 2.62. The first-order valence-corrected chi connectivity index (χ1v) is 9.67. The van der Waals surface area contributed by atoms with Crippen molar-refractivity contribution in [1.82, 2.24) is 4.90 Å². The van der Waals surface area contributed by atoms with Crippen LogP contribution in [-0.4, -0.2) is 48.3 Å². The third-order valence-electron chi connectivity index (χ3n) is 7.21. The Morgan fingerprint density at radius 2 is 2.23 bits per heavy atom. The molecule has 2 fully saturated rings. The SMILES string of the molecule is COC(=O)C1=C2Nc3ccccc3[C@]23CCN2C[C@H]([C@H](C)O)C[C@H](C1)[C@@H]23. The van der Waals surface area contributed by atoms with E-state index in [4.69, 9.17) is 4.74 Å². The van der Waals surface area contributed by atoms with Crippen LogP contribution in [0, 0.1) is 11.8 Å². The summed E-state index contributed by atoms with van der Waals surface area (Å²) in [5.74, 6) is 0.434. The van der Waals surface area contributed by atoms with E-state index in [0.717, 1.165) is 49.3 Å². The second-order valence-electron chi connectivity index (χ2n) is 8.38. The molecule has 5 atom stereocenters. The van der Waals surface area contributed by atoms with Gasteiger partial charge >= 0.3 is 5.97 Å². The van der Waals surface area contributed by atoms with Crippen molar-refractivity contribution in [1.29, 1.82) is 0 Å². The molecule has 5 rings (SSSR count). The number of para-hydroxylation sites is 1. The fraction of sp³-hybridized carbons (Fsp3) is 0.571. The lowest BCUT2D eigenvalue weighted by molar-refractivity contribution is -0.137. The largest absolute Gasteiger partial charge is 0.466 e. The number of methoxy groups -OCH3 is 1. The van der Waals surface area contributed by atoms with Crippen molar-refractivity contribution in [2.45, 2.75) is 43.7 Å². The summed E-state index contributed by atoms with van der Waals surface area (Å²) in [6, 6.07) is 8.88. The van der Waals surface area contributed by atoms with Crippen LogP contribution in [0.25, 0.3) is 0 Å². The van der Waals surface area contributed by atoms with Gasteiger partial charge in [0.05, 0.1) is 24.2 Å². The first kappa shape index (κ1) is 16.3. The van der Waals surface area contributed by atoms with Crippen molar-refractivity contribution in [3.05, 3.63) is 41.1 Å². The van der Waals surface area contributed by atoms with Gasteiger partial charge in [-0.1, -0.05) is 18.2 Å². The fourth-order valence-corrected chi connectivity index (χ4v) is 6.21. The lowest BCUT2D eigenvalue weighted by atomic mass is 9.60. The van der Waals surface area contributed by atoms with Gasteiger partial charge in [0.1, 0.15) is 0 Å². The molecule has 1 aliphatic carbocycles. The minimum absolute atomic E-state index is 0.132. The normalized spacial score (nSPS) is 36.0. The Bertz CT molecular complexity index is 802. The quantitative estimate of drug-likeness (QED) is 0.798. The number of aliphatic hydroxyl groups is 1. The summed E-state index contributed by atoms with van der Waals surface area (Å²) in [7, 11) is 1.47. The van der Waals surface area contributed by atoms with E-state index in [1.165, 1.54) is 12.7 Å². The zero-order valence-electron chi connectivity index (χ0n) is 15.4. The fourth-order valence-electron chi connectivity index (χ4n) is 6.21. The van der Waals surface area contributed by atoms with Crippen molar-refractivity contribution in [2.24, 2.45) is 11.8 Å². The second kappa shape index (κ2) is 5.57. The molecule has 4 aliphatic rings. The van der Waals surface area contributed by atoms with Crippen LogP contribution in [0.4, 0.5) is 5.69 Å². The topological polar surface area (TPSA) is 61.8 Å². The Hall–Kier alpha value is -1.85. The van der Waals surface area contributed by atoms with Gasteiger partial charge in [-0.05, 0) is 56.2 Å². The monoisotopic (exact) mass is 354 g/mol. The van der Waals surface area contributed by atoms with Gasteiger partial charge < -0.3 is 15.2 Å². The van der Waals surface area contributed by atoms with Crippen molar-refractivity contribution < 1.29 is 14.6 Å². The van der Waals surface area contributed by atoms with Crippen LogP contribution in [0.3, 0.4) is 0 Å². The molecule has 0 saturated carbocycles. The van der Waals surface area contributed by atoms with Gasteiger partial charge in [0.25, 0.3) is 0 Å². The van der Waals surface area contributed by atoms with Crippen LogP contribution in [0.5, 0.6) is 0 Å². The maximum absolute atomic E-state index is 12.6. The number of nitrogens with zero attached hydrogens (tertiary/aromatic N) is 1. The van der Waals surface area contributed by atoms with Crippen molar-refractivity contribution >= 4 is 11.7 Å². The molecule has 138 valence electrons. The summed E-state index contributed by atoms with van der Waals surface area (Å²) in [4.78, 5) is 15.2. The minimum atomic E-state index is -0.312. The summed E-state index contributed by atoms with van der Waals surface area (Å²) in [5.41, 5.74) is 4.20. The molecule has 0 radical (unpaired) electrons. The second-order valence-corrected chi connectivity index (χ2v) is 8.38. The molecule has 5 nitrogen and oxygen atoms in total. The number of carbonyl (C=O) groups is 1. The predicted molar refractivity (Wildman–Crippen MR) is 98.7 cm³/mol. The molecule has 5 heteroatoms. The van der Waals surface area contributed by atoms with E-state index in [9.17, 15) is 9.90 Å². The number of fused-ring (bicyclic) bond motifs is 1. The van der Waals surface area contributed by atoms with Crippen LogP contribution in [0.2, 0.25) is 0 Å². The van der Waals surface area contributed by atoms with Crippen molar-refractivity contribution in [2.75, 3.05) is 25.5 Å². The molecule has 26 heavy (non-hydrogen) atoms. The van der Waals surface area contributed by atoms with Crippen LogP contribution < -0.4 is 5.32 Å². The number of aliphatic hydroxyl groups excluding tert-OH is 1. The third kappa shape index (κ3) is 1.96. The number of anilines is 1. The average Bonchev–Trinajstić information content (AvgIpc) is 3.20. The zero-order valence-corrected chi connectivity index (χ0v) is 15.4. The van der Waals surface area contributed by atoms with Crippen LogP contribution in [-0.2, 0) is 14.9 Å². The molecule has 1 aromatic carbocycles. The first-order valence-electron chi connectivity index (χ1n) is 9.67. The van der Waals surface area contributed by atoms with Crippen LogP contribution >= 0.6 is 0 Å². The highest BCUT2D eigenvalue weighted by Crippen LogP contribution is 2.61. The van der Waals surface area contributed by atoms with Gasteiger partial charge in [0.15, 0.2) is 0 Å². The number of carbonyl (C=O) groups excluding carboxylic acids is 1. The van der Waals surface area contributed by atoms with Crippen molar-refractivity contribution in [3.8, 4) is 0 Å². The Morgan fingerprint density at radius 1 is 1.42 bits per heavy atom. The van der Waals surface area contributed by atoms with Gasteiger partial charge in [-0.2, -0.15) is 0 Å². The Morgan fingerprint density at radius 3 is 3.00 bits per heavy atom. The number of piperidine rings is 1. The molecule has 2 saturated heterocycles. The summed E-state index contributed by atoms with van der Waals surface area (Å²) in [6.45, 7) is 3.86. The Balaban J connectivity index is 1.69. The summed E-state index contributed by atoms with van der Waals surface area (Å²) in [5, 5.41) is 13.8. The number of ether oxygens (including phenoxy) is 1. The van der Waals surface area contributed by atoms with E-state index in [2.05, 4.69) is 28.4 Å². The number of esters is 1. The summed E-state index contributed by atoms with van der Waals surface area (Å²) >= 11 is 0. The van der Waals surface area contributed by atoms with Gasteiger partial charge in [0, 0.05) is 24.0 Å². The summed E-state index contributed by atoms with van der Waals surface area (Å²) in [6.07, 6.45) is 2.40. The highest BCUT2D eigenvalue weighted by molar-refractivity contribution is 5.93. The van der Waals surface area contributed by atoms with E-state index in [0.29, 0.717) is 12.0 Å². The average molecular weight is 354 g/mol. The van der Waals surface area contributed by atoms with E-state index < -0.39 is 0 Å². The molecule has 0 amide bonds. The minimum Gasteiger partial charge on any atom is -0.466 e. The molecule has 0 bridgehead atoms. The third-order valence-corrected chi connectivity index (χ3v) is 7.21. The maximum Gasteiger partial charge on any atom is 0.335 e. The Kier molecular flexibility index (Phi) is 3.50. The number of hydrogen-bond acceptors (Lipinski definition) is 5. The van der Waals surface area contributed by atoms with Crippen molar-refractivity contribution in [3.63, 3.8) is 0 Å². The summed E-state index contributed by atoms with van der Waals surface area (Å²) < 4.78 is 5.15. The molecular formula is C21H26N2O3. The van der Waals surface area contributed by atoms with Gasteiger partial charge in [-0.3, -0.25) is 4.90 Å². The first-order chi connectivity index (χ1) is 12.6. The standard InChI is InChI=1S/C21H26N2O3/c1-12(24)14-9-13-10-15(20(25)26-2)18-21(7-8-23(11-14)19(13)21)16-5-3-4-6-17(16)22-18/h3-6,12-14,19,22,24H,7-11H2,1-2H3/t12-,13+,14+,19+,21+/m0/s1. The molecule has 2 N–H and O–H groups in total. The molecule has 3 heterocycles. The lowest BCUT2D eigenvalue weighted by Crippen LogP contribution is -2.56. The number of rotatable bonds is 2. The van der Waals surface area contributed by atoms with Gasteiger partial charge in [-0.15, -0.1) is 0 Å². The lowest BCUT2D eigenvalue weighted by Gasteiger charge is -2.50. The molecule has 1 aromatic rings. The molecule has 1 spiro atoms. The zero-order chi connectivity index (χ0) is 18.1. The molecule has 0 aromatic heterocycles. The number of hydrogen-bond donors (Lipinski definition) is 2. The predicted octanol–water partition coefficient (Wildman–Crippen LogP) is 2.27. The van der Waals surface area contributed by atoms with E-state index >= 15 is 0 Å². The molecule has 3 aliphatic heterocycles. The van der Waals surface area contributed by atoms with E-state index in [-0.39, 0.29) is 23.4 Å².